The first-order valence-corrected chi connectivity index (χ1v) is 8.33. The van der Waals surface area contributed by atoms with Gasteiger partial charge in [0, 0.05) is 0 Å². The van der Waals surface area contributed by atoms with Gasteiger partial charge in [-0.2, -0.15) is 13.2 Å². The van der Waals surface area contributed by atoms with Gasteiger partial charge in [0.1, 0.15) is 5.75 Å². The summed E-state index contributed by atoms with van der Waals surface area (Å²) in [5.74, 6) is -1.69. The van der Waals surface area contributed by atoms with Crippen LogP contribution >= 0.6 is 0 Å². The number of amides is 1. The summed E-state index contributed by atoms with van der Waals surface area (Å²) in [4.78, 5) is 39.0. The number of H-pyrrole nitrogens is 2. The number of fused-ring (bicyclic) bond motifs is 1. The first-order chi connectivity index (χ1) is 13.1. The van der Waals surface area contributed by atoms with Gasteiger partial charge in [-0.1, -0.05) is 6.07 Å². The fourth-order valence-electron chi connectivity index (χ4n) is 3.07. The molecule has 0 radical (unpaired) electrons. The molecule has 0 saturated heterocycles. The number of ether oxygens (including phenoxy) is 1. The zero-order chi connectivity index (χ0) is 20.5. The molecule has 1 atom stereocenters. The summed E-state index contributed by atoms with van der Waals surface area (Å²) in [5.41, 5.74) is -1.19. The minimum atomic E-state index is -4.45. The lowest BCUT2D eigenvalue weighted by molar-refractivity contribution is -0.153. The fraction of sp³-hybridized carbons (Fsp3) is 0.353. The predicted octanol–water partition coefficient (Wildman–Crippen LogP) is 1.52. The lowest BCUT2D eigenvalue weighted by atomic mass is 9.87. The van der Waals surface area contributed by atoms with Gasteiger partial charge in [-0.15, -0.1) is 0 Å². The van der Waals surface area contributed by atoms with Crippen molar-refractivity contribution in [2.24, 2.45) is 0 Å². The molecule has 1 amide bonds. The lowest BCUT2D eigenvalue weighted by Gasteiger charge is -2.27. The second kappa shape index (κ2) is 7.41. The van der Waals surface area contributed by atoms with Crippen LogP contribution in [0.1, 0.15) is 40.5 Å². The number of rotatable bonds is 4. The van der Waals surface area contributed by atoms with Gasteiger partial charge in [-0.25, -0.2) is 4.79 Å². The number of carbonyl (C=O) groups is 1. The molecule has 28 heavy (non-hydrogen) atoms. The maximum absolute atomic E-state index is 12.4. The smallest absolute Gasteiger partial charge is 0.422 e. The second-order valence-corrected chi connectivity index (χ2v) is 6.31. The van der Waals surface area contributed by atoms with E-state index in [0.29, 0.717) is 24.8 Å². The highest BCUT2D eigenvalue weighted by molar-refractivity contribution is 5.94. The second-order valence-electron chi connectivity index (χ2n) is 6.31. The quantitative estimate of drug-likeness (QED) is 0.621. The van der Waals surface area contributed by atoms with E-state index in [9.17, 15) is 32.7 Å². The molecular formula is C17H16F3N3O5. The van der Waals surface area contributed by atoms with Crippen molar-refractivity contribution in [3.05, 3.63) is 55.9 Å². The number of aromatic amines is 2. The van der Waals surface area contributed by atoms with Gasteiger partial charge in [0.15, 0.2) is 12.3 Å². The SMILES string of the molecule is O=C(N[C@@H]1CCCc2cc(OCC(F)(F)F)ccc21)c1[nH]c(=O)[nH]c(=O)c1O. The molecule has 0 aliphatic heterocycles. The van der Waals surface area contributed by atoms with E-state index in [1.165, 1.54) is 12.1 Å². The van der Waals surface area contributed by atoms with Crippen molar-refractivity contribution in [1.82, 2.24) is 15.3 Å². The Morgan fingerprint density at radius 1 is 1.29 bits per heavy atom. The summed E-state index contributed by atoms with van der Waals surface area (Å²) in [7, 11) is 0. The van der Waals surface area contributed by atoms with Crippen LogP contribution in [0.3, 0.4) is 0 Å². The Hall–Kier alpha value is -3.24. The first kappa shape index (κ1) is 19.5. The maximum Gasteiger partial charge on any atom is 0.422 e. The summed E-state index contributed by atoms with van der Waals surface area (Å²) in [6.45, 7) is -1.40. The van der Waals surface area contributed by atoms with Gasteiger partial charge in [0.25, 0.3) is 11.5 Å². The standard InChI is InChI=1S/C17H16F3N3O5/c18-17(19,20)7-28-9-4-5-10-8(6-9)2-1-3-11(10)21-14(25)12-13(24)15(26)23-16(27)22-12/h4-6,11,24H,1-3,7H2,(H,21,25)(H2,22,23,26,27)/t11-/m1/s1. The Morgan fingerprint density at radius 2 is 2.04 bits per heavy atom. The van der Waals surface area contributed by atoms with Crippen molar-refractivity contribution in [1.29, 1.82) is 0 Å². The van der Waals surface area contributed by atoms with Crippen molar-refractivity contribution < 1.29 is 27.8 Å². The van der Waals surface area contributed by atoms with E-state index in [1.54, 1.807) is 11.1 Å². The average Bonchev–Trinajstić information content (AvgIpc) is 2.62. The minimum absolute atomic E-state index is 0.0691. The molecule has 0 saturated carbocycles. The Labute approximate surface area is 155 Å². The minimum Gasteiger partial charge on any atom is -0.501 e. The van der Waals surface area contributed by atoms with Gasteiger partial charge >= 0.3 is 11.9 Å². The number of aryl methyl sites for hydroxylation is 1. The van der Waals surface area contributed by atoms with Crippen molar-refractivity contribution in [2.75, 3.05) is 6.61 Å². The van der Waals surface area contributed by atoms with Crippen LogP contribution in [-0.2, 0) is 6.42 Å². The average molecular weight is 399 g/mol. The van der Waals surface area contributed by atoms with Crippen molar-refractivity contribution in [3.63, 3.8) is 0 Å². The number of carbonyl (C=O) groups excluding carboxylic acids is 1. The van der Waals surface area contributed by atoms with Crippen LogP contribution in [-0.4, -0.2) is 33.8 Å². The van der Waals surface area contributed by atoms with Gasteiger partial charge in [-0.3, -0.25) is 19.6 Å². The normalized spacial score (nSPS) is 16.3. The molecule has 1 aliphatic rings. The summed E-state index contributed by atoms with van der Waals surface area (Å²) in [5, 5.41) is 12.3. The van der Waals surface area contributed by atoms with Crippen LogP contribution in [0.2, 0.25) is 0 Å². The van der Waals surface area contributed by atoms with Crippen LogP contribution in [0.5, 0.6) is 11.5 Å². The molecule has 0 bridgehead atoms. The molecule has 3 rings (SSSR count). The fourth-order valence-corrected chi connectivity index (χ4v) is 3.07. The zero-order valence-corrected chi connectivity index (χ0v) is 14.4. The predicted molar refractivity (Wildman–Crippen MR) is 90.5 cm³/mol. The molecule has 11 heteroatoms. The molecule has 8 nitrogen and oxygen atoms in total. The summed E-state index contributed by atoms with van der Waals surface area (Å²) >= 11 is 0. The van der Waals surface area contributed by atoms with Crippen molar-refractivity contribution in [3.8, 4) is 11.5 Å². The van der Waals surface area contributed by atoms with Crippen molar-refractivity contribution in [2.45, 2.75) is 31.5 Å². The monoisotopic (exact) mass is 399 g/mol. The molecule has 4 N–H and O–H groups in total. The molecule has 2 aromatic rings. The zero-order valence-electron chi connectivity index (χ0n) is 14.4. The third-order valence-electron chi connectivity index (χ3n) is 4.28. The lowest BCUT2D eigenvalue weighted by Crippen LogP contribution is -2.35. The molecule has 0 spiro atoms. The van der Waals surface area contributed by atoms with E-state index in [-0.39, 0.29) is 5.75 Å². The van der Waals surface area contributed by atoms with E-state index < -0.39 is 47.4 Å². The highest BCUT2D eigenvalue weighted by atomic mass is 19.4. The summed E-state index contributed by atoms with van der Waals surface area (Å²) < 4.78 is 41.6. The van der Waals surface area contributed by atoms with Crippen LogP contribution in [0.15, 0.2) is 27.8 Å². The number of hydrogen-bond acceptors (Lipinski definition) is 5. The molecule has 0 unspecified atom stereocenters. The maximum atomic E-state index is 12.4. The topological polar surface area (TPSA) is 124 Å². The number of aromatic nitrogens is 2. The first-order valence-electron chi connectivity index (χ1n) is 8.33. The van der Waals surface area contributed by atoms with E-state index in [2.05, 4.69) is 10.3 Å². The molecule has 0 fully saturated rings. The molecule has 1 aliphatic carbocycles. The highest BCUT2D eigenvalue weighted by Crippen LogP contribution is 2.33. The van der Waals surface area contributed by atoms with E-state index in [4.69, 9.17) is 4.74 Å². The van der Waals surface area contributed by atoms with Gasteiger partial charge in [-0.05, 0) is 42.5 Å². The molecule has 1 aromatic heterocycles. The Bertz CT molecular complexity index is 1010. The van der Waals surface area contributed by atoms with E-state index >= 15 is 0 Å². The summed E-state index contributed by atoms with van der Waals surface area (Å²) in [6.07, 6.45) is -2.66. The largest absolute Gasteiger partial charge is 0.501 e. The van der Waals surface area contributed by atoms with Gasteiger partial charge < -0.3 is 15.2 Å². The van der Waals surface area contributed by atoms with Crippen LogP contribution in [0, 0.1) is 0 Å². The molecule has 1 heterocycles. The molecule has 150 valence electrons. The van der Waals surface area contributed by atoms with E-state index in [1.807, 2.05) is 0 Å². The van der Waals surface area contributed by atoms with Crippen LogP contribution in [0.25, 0.3) is 0 Å². The Balaban J connectivity index is 1.80. The van der Waals surface area contributed by atoms with Crippen LogP contribution in [0.4, 0.5) is 13.2 Å². The number of hydrogen-bond donors (Lipinski definition) is 4. The van der Waals surface area contributed by atoms with Gasteiger partial charge in [0.2, 0.25) is 5.75 Å². The summed E-state index contributed by atoms with van der Waals surface area (Å²) in [6, 6.07) is 3.93. The third kappa shape index (κ3) is 4.35. The Kier molecular flexibility index (Phi) is 5.16. The third-order valence-corrected chi connectivity index (χ3v) is 4.28. The highest BCUT2D eigenvalue weighted by Gasteiger charge is 2.29. The van der Waals surface area contributed by atoms with Crippen LogP contribution < -0.4 is 21.3 Å². The number of nitrogens with one attached hydrogen (secondary N) is 3. The number of aromatic hydroxyl groups is 1. The van der Waals surface area contributed by atoms with Crippen molar-refractivity contribution >= 4 is 5.91 Å². The Morgan fingerprint density at radius 3 is 2.75 bits per heavy atom. The molecular weight excluding hydrogens is 383 g/mol. The number of benzene rings is 1. The number of halogens is 3. The van der Waals surface area contributed by atoms with Gasteiger partial charge in [0.05, 0.1) is 6.04 Å². The molecule has 1 aromatic carbocycles. The number of alkyl halides is 3. The van der Waals surface area contributed by atoms with E-state index in [0.717, 1.165) is 5.56 Å².